The topological polar surface area (TPSA) is 213 Å². The molecule has 0 amide bonds. The van der Waals surface area contributed by atoms with Crippen LogP contribution in [0.5, 0.6) is 0 Å². The van der Waals surface area contributed by atoms with Gasteiger partial charge in [-0.25, -0.2) is 30.6 Å². The van der Waals surface area contributed by atoms with E-state index in [4.69, 9.17) is 30.6 Å². The Balaban J connectivity index is 0.000000149. The van der Waals surface area contributed by atoms with Crippen LogP contribution >= 0.6 is 23.1 Å². The fraction of sp³-hybridized carbons (Fsp3) is 0.0789. The van der Waals surface area contributed by atoms with E-state index in [9.17, 15) is 19.8 Å². The summed E-state index contributed by atoms with van der Waals surface area (Å²) in [6.45, 7) is 12.6. The smallest absolute Gasteiger partial charge is 0.543 e. The number of nitrogens with zero attached hydrogens (tertiary/aromatic N) is 14. The van der Waals surface area contributed by atoms with Crippen LogP contribution in [-0.2, 0) is 39.0 Å². The molecule has 0 spiro atoms. The Labute approximate surface area is 612 Å². The van der Waals surface area contributed by atoms with Gasteiger partial charge in [0.1, 0.15) is 11.4 Å². The molecule has 0 atom stereocenters. The summed E-state index contributed by atoms with van der Waals surface area (Å²) >= 11 is 2.34. The predicted molar refractivity (Wildman–Crippen MR) is 389 cm³/mol. The van der Waals surface area contributed by atoms with Crippen molar-refractivity contribution < 1.29 is 58.8 Å². The predicted octanol–water partition coefficient (Wildman–Crippen LogP) is 13.0. The van der Waals surface area contributed by atoms with E-state index in [0.29, 0.717) is 10.8 Å². The number of aromatic carboxylic acids is 2. The summed E-state index contributed by atoms with van der Waals surface area (Å²) in [6, 6.07) is 89.0. The number of hydrogen-bond acceptors (Lipinski definition) is 14. The average Bonchev–Trinajstić information content (AvgIpc) is 1.61. The van der Waals surface area contributed by atoms with Crippen molar-refractivity contribution in [3.63, 3.8) is 0 Å². The molecule has 16 rings (SSSR count). The summed E-state index contributed by atoms with van der Waals surface area (Å²) in [5.74, 6) is -2.43. The van der Waals surface area contributed by atoms with Gasteiger partial charge in [0.2, 0.25) is 0 Å². The van der Waals surface area contributed by atoms with Gasteiger partial charge in [0.15, 0.2) is 0 Å². The standard InChI is InChI=1S/2C30H28BN6.2C8H5NO2S.2Zn/c2*1-22-19-28(25-13-7-4-8-14-25)32-35(22)31(36-23(2)20-29(33-36)26-15-9-5-10-16-26)37-24(3)21-30(34-37)27-17-11-6-12-18-27;2*10-8(11)7-5-3-1-2-4-6(5)12-9-7;;/h2*4-21,31H,1-3H3;2*1-4H,(H,10,11);;/q2*-1;;;2*+2/p-2. The van der Waals surface area contributed by atoms with Crippen LogP contribution in [0.2, 0.25) is 0 Å². The second-order valence-electron chi connectivity index (χ2n) is 23.7. The largest absolute Gasteiger partial charge is 2.00 e. The molecule has 8 aromatic heterocycles. The zero-order chi connectivity index (χ0) is 67.8. The molecule has 0 aliphatic heterocycles. The third kappa shape index (κ3) is 15.4. The Morgan fingerprint density at radius 3 is 0.660 bits per heavy atom. The molecule has 0 radical (unpaired) electrons. The fourth-order valence-corrected chi connectivity index (χ4v) is 13.6. The average molecular weight is 1450 g/mol. The van der Waals surface area contributed by atoms with Crippen LogP contribution in [-0.4, -0.2) is 93.1 Å². The monoisotopic (exact) mass is 1450 g/mol. The van der Waals surface area contributed by atoms with E-state index in [2.05, 4.69) is 187 Å². The number of aromatic nitrogens is 14. The molecule has 0 bridgehead atoms. The third-order valence-corrected chi connectivity index (χ3v) is 18.7. The first kappa shape index (κ1) is 70.4. The van der Waals surface area contributed by atoms with Gasteiger partial charge in [-0.05, 0) is 147 Å². The molecule has 0 unspecified atom stereocenters. The Morgan fingerprint density at radius 1 is 0.290 bits per heavy atom. The SMILES string of the molecule is Cc1cc(-c2ccccc2)nn1[BH-](n1nc(-c2ccccc2)cc1C)n1nc(-c2ccccc2)cc1C.Cc1cc(-c2ccccc2)nn1[BH-](n1nc(-c2ccccc2)cc1C)n1nc(-c2ccccc2)cc1C.O=C([O-])c1nsc2ccccc12.O=C([O-])c1nsc2ccccc12.[Zn+2].[Zn+2]. The summed E-state index contributed by atoms with van der Waals surface area (Å²) < 4.78 is 21.9. The van der Waals surface area contributed by atoms with Gasteiger partial charge >= 0.3 is 53.2 Å². The van der Waals surface area contributed by atoms with Crippen LogP contribution in [0.25, 0.3) is 87.7 Å². The van der Waals surface area contributed by atoms with E-state index in [1.807, 2.05) is 133 Å². The summed E-state index contributed by atoms with van der Waals surface area (Å²) in [5.41, 5.74) is 18.6. The quantitative estimate of drug-likeness (QED) is 0.0930. The molecule has 18 nitrogen and oxygen atoms in total. The van der Waals surface area contributed by atoms with Gasteiger partial charge in [0.05, 0.1) is 55.5 Å². The number of hydrogen-bond donors (Lipinski definition) is 0. The molecule has 0 saturated heterocycles. The zero-order valence-corrected chi connectivity index (χ0v) is 63.5. The van der Waals surface area contributed by atoms with Crippen molar-refractivity contribution >= 4 is 69.4 Å². The van der Waals surface area contributed by atoms with E-state index in [1.165, 1.54) is 23.1 Å². The number of carbonyl (C=O) groups excluding carboxylic acids is 2. The van der Waals surface area contributed by atoms with Gasteiger partial charge in [0, 0.05) is 44.2 Å². The first-order chi connectivity index (χ1) is 47.7. The number of aryl methyl sites for hydroxylation is 6. The summed E-state index contributed by atoms with van der Waals surface area (Å²) in [4.78, 5) is 21.0. The van der Waals surface area contributed by atoms with Gasteiger partial charge in [-0.2, -0.15) is 8.75 Å². The molecular formula is C76H64B2N14O4S2Zn2. The summed E-state index contributed by atoms with van der Waals surface area (Å²) in [5, 5.41) is 53.0. The molecule has 0 fully saturated rings. The number of rotatable bonds is 14. The second kappa shape index (κ2) is 31.8. The van der Waals surface area contributed by atoms with Gasteiger partial charge in [-0.15, -0.1) is 0 Å². The Morgan fingerprint density at radius 2 is 0.470 bits per heavy atom. The maximum atomic E-state index is 10.5. The number of carboxylic acid groups (broad SMARTS) is 2. The van der Waals surface area contributed by atoms with Crippen molar-refractivity contribution in [2.45, 2.75) is 41.5 Å². The van der Waals surface area contributed by atoms with Crippen molar-refractivity contribution in [2.75, 3.05) is 0 Å². The zero-order valence-electron chi connectivity index (χ0n) is 55.9. The van der Waals surface area contributed by atoms with E-state index >= 15 is 0 Å². The first-order valence-electron chi connectivity index (χ1n) is 31.9. The van der Waals surface area contributed by atoms with Crippen LogP contribution in [0.15, 0.2) is 267 Å². The molecule has 484 valence electrons. The van der Waals surface area contributed by atoms with E-state index in [-0.39, 0.29) is 50.3 Å². The Kier molecular flexibility index (Phi) is 22.4. The van der Waals surface area contributed by atoms with Crippen LogP contribution in [0, 0.1) is 41.5 Å². The van der Waals surface area contributed by atoms with Gasteiger partial charge in [0.25, 0.3) is 0 Å². The maximum Gasteiger partial charge on any atom is 2.00 e. The third-order valence-electron chi connectivity index (χ3n) is 17.1. The minimum absolute atomic E-state index is 0. The summed E-state index contributed by atoms with van der Waals surface area (Å²) in [6.07, 6.45) is 0. The minimum atomic E-state index is -1.55. The van der Waals surface area contributed by atoms with Crippen LogP contribution < -0.4 is 10.2 Å². The Bertz CT molecular complexity index is 4680. The van der Waals surface area contributed by atoms with Crippen molar-refractivity contribution in [3.8, 4) is 67.5 Å². The van der Waals surface area contributed by atoms with Crippen LogP contribution in [0.3, 0.4) is 0 Å². The van der Waals surface area contributed by atoms with Crippen molar-refractivity contribution in [1.29, 1.82) is 0 Å². The number of fused-ring (bicyclic) bond motifs is 2. The molecule has 0 N–H and O–H groups in total. The molecule has 8 aromatic carbocycles. The minimum Gasteiger partial charge on any atom is -0.543 e. The van der Waals surface area contributed by atoms with Crippen LogP contribution in [0.4, 0.5) is 0 Å². The van der Waals surface area contributed by atoms with Crippen molar-refractivity contribution in [1.82, 2.24) is 66.9 Å². The molecule has 8 heterocycles. The molecule has 0 saturated carbocycles. The van der Waals surface area contributed by atoms with Crippen LogP contribution in [0.1, 0.15) is 55.1 Å². The maximum absolute atomic E-state index is 10.5. The second-order valence-corrected chi connectivity index (χ2v) is 25.3. The molecule has 0 aliphatic carbocycles. The fourth-order valence-electron chi connectivity index (χ4n) is 12.1. The van der Waals surface area contributed by atoms with Gasteiger partial charge < -0.3 is 47.4 Å². The van der Waals surface area contributed by atoms with E-state index < -0.39 is 26.2 Å². The molecule has 16 aromatic rings. The van der Waals surface area contributed by atoms with Crippen molar-refractivity contribution in [2.24, 2.45) is 0 Å². The number of benzene rings is 8. The van der Waals surface area contributed by atoms with Gasteiger partial charge in [-0.1, -0.05) is 218 Å². The van der Waals surface area contributed by atoms with Gasteiger partial charge in [-0.3, -0.25) is 0 Å². The molecular weight excluding hydrogens is 1390 g/mol. The molecule has 0 aliphatic rings. The normalized spacial score (nSPS) is 10.9. The Hall–Kier alpha value is -10.9. The first-order valence-corrected chi connectivity index (χ1v) is 33.4. The molecule has 100 heavy (non-hydrogen) atoms. The summed E-state index contributed by atoms with van der Waals surface area (Å²) in [7, 11) is -3.11. The van der Waals surface area contributed by atoms with E-state index in [0.717, 1.165) is 111 Å². The van der Waals surface area contributed by atoms with Crippen molar-refractivity contribution in [3.05, 3.63) is 312 Å². The molecule has 24 heteroatoms. The van der Waals surface area contributed by atoms with E-state index in [1.54, 1.807) is 24.3 Å². The number of carboxylic acids is 2. The number of carbonyl (C=O) groups is 2.